The first-order valence-electron chi connectivity index (χ1n) is 9.67. The van der Waals surface area contributed by atoms with Gasteiger partial charge < -0.3 is 39.4 Å². The zero-order chi connectivity index (χ0) is 21.5. The van der Waals surface area contributed by atoms with Gasteiger partial charge in [-0.2, -0.15) is 4.98 Å². The van der Waals surface area contributed by atoms with E-state index in [0.29, 0.717) is 22.9 Å². The summed E-state index contributed by atoms with van der Waals surface area (Å²) >= 11 is 6.13. The highest BCUT2D eigenvalue weighted by Gasteiger charge is 2.44. The first-order chi connectivity index (χ1) is 14.2. The minimum atomic E-state index is -4.34. The molecule has 166 valence electrons. The maximum absolute atomic E-state index is 10.9. The molecule has 1 aliphatic heterocycles. The fourth-order valence-corrected chi connectivity index (χ4v) is 4.48. The zero-order valence-electron chi connectivity index (χ0n) is 16.0. The molecule has 4 rings (SSSR count). The number of nitrogens with zero attached hydrogens (tertiary/aromatic N) is 3. The van der Waals surface area contributed by atoms with Crippen molar-refractivity contribution in [3.05, 3.63) is 17.5 Å². The highest BCUT2D eigenvalue weighted by atomic mass is 35.5. The first kappa shape index (κ1) is 21.9. The number of aliphatic hydroxyl groups is 2. The number of fused-ring (bicyclic) bond motifs is 1. The first-order valence-corrected chi connectivity index (χ1v) is 11.8. The number of ether oxygens (including phenoxy) is 2. The summed E-state index contributed by atoms with van der Waals surface area (Å²) in [6.45, 7) is -0.288. The van der Waals surface area contributed by atoms with Gasteiger partial charge in [0.1, 0.15) is 36.1 Å². The molecule has 0 aromatic carbocycles. The van der Waals surface area contributed by atoms with E-state index in [2.05, 4.69) is 15.3 Å². The number of anilines is 1. The standard InChI is InChI=1S/C17H24ClN4O7P/c18-17-20-14(19-9-3-1-2-4-9)10-5-6-22(15(10)21-17)16-13(24)12(23)11(29-16)7-28-8-30(25,26)27/h5-6,9,11-13,16,23-24H,1-4,7-8H2,(H,19,20,21)(H2,25,26,27)/t11-,12-,13-,16-/m1/s1. The Labute approximate surface area is 177 Å². The summed E-state index contributed by atoms with van der Waals surface area (Å²) in [5.74, 6) is 0.602. The smallest absolute Gasteiger partial charge is 0.350 e. The zero-order valence-corrected chi connectivity index (χ0v) is 17.6. The molecule has 13 heteroatoms. The lowest BCUT2D eigenvalue weighted by atomic mass is 10.1. The number of nitrogens with one attached hydrogen (secondary N) is 1. The predicted molar refractivity (Wildman–Crippen MR) is 107 cm³/mol. The minimum absolute atomic E-state index is 0.0394. The molecule has 5 N–H and O–H groups in total. The number of aliphatic hydroxyl groups excluding tert-OH is 2. The maximum Gasteiger partial charge on any atom is 0.350 e. The van der Waals surface area contributed by atoms with E-state index in [9.17, 15) is 14.8 Å². The van der Waals surface area contributed by atoms with Gasteiger partial charge in [0.2, 0.25) is 5.28 Å². The van der Waals surface area contributed by atoms with Crippen LogP contribution < -0.4 is 5.32 Å². The van der Waals surface area contributed by atoms with Gasteiger partial charge in [0, 0.05) is 12.2 Å². The van der Waals surface area contributed by atoms with Crippen LogP contribution in [0.1, 0.15) is 31.9 Å². The number of hydrogen-bond acceptors (Lipinski definition) is 8. The molecule has 1 saturated carbocycles. The van der Waals surface area contributed by atoms with Crippen molar-refractivity contribution in [3.63, 3.8) is 0 Å². The second-order valence-electron chi connectivity index (χ2n) is 7.64. The van der Waals surface area contributed by atoms with E-state index in [0.717, 1.165) is 25.7 Å². The Morgan fingerprint density at radius 1 is 1.27 bits per heavy atom. The van der Waals surface area contributed by atoms with Crippen LogP contribution >= 0.6 is 19.2 Å². The van der Waals surface area contributed by atoms with E-state index >= 15 is 0 Å². The largest absolute Gasteiger partial charge is 0.387 e. The van der Waals surface area contributed by atoms with Gasteiger partial charge in [-0.15, -0.1) is 0 Å². The van der Waals surface area contributed by atoms with Crippen molar-refractivity contribution >= 4 is 36.0 Å². The monoisotopic (exact) mass is 462 g/mol. The Hall–Kier alpha value is -1.30. The molecular formula is C17H24ClN4O7P. The maximum atomic E-state index is 10.9. The number of rotatable bonds is 7. The summed E-state index contributed by atoms with van der Waals surface area (Å²) in [7, 11) is -4.34. The summed E-state index contributed by atoms with van der Waals surface area (Å²) in [6, 6.07) is 2.09. The predicted octanol–water partition coefficient (Wildman–Crippen LogP) is 1.21. The molecule has 2 aromatic heterocycles. The van der Waals surface area contributed by atoms with E-state index in [1.807, 2.05) is 0 Å². The van der Waals surface area contributed by atoms with E-state index in [1.54, 1.807) is 16.8 Å². The third-order valence-electron chi connectivity index (χ3n) is 5.39. The van der Waals surface area contributed by atoms with Crippen LogP contribution in [-0.4, -0.2) is 71.8 Å². The molecule has 2 aromatic rings. The van der Waals surface area contributed by atoms with Crippen molar-refractivity contribution in [2.45, 2.75) is 56.3 Å². The van der Waals surface area contributed by atoms with Gasteiger partial charge in [-0.25, -0.2) is 4.98 Å². The van der Waals surface area contributed by atoms with Gasteiger partial charge in [-0.3, -0.25) is 4.57 Å². The summed E-state index contributed by atoms with van der Waals surface area (Å²) in [5.41, 5.74) is 0.434. The van der Waals surface area contributed by atoms with Crippen LogP contribution in [0.4, 0.5) is 5.82 Å². The Morgan fingerprint density at radius 3 is 2.70 bits per heavy atom. The summed E-state index contributed by atoms with van der Waals surface area (Å²) in [6.07, 6.45) is 0.725. The quantitative estimate of drug-likeness (QED) is 0.299. The topological polar surface area (TPSA) is 159 Å². The minimum Gasteiger partial charge on any atom is -0.387 e. The van der Waals surface area contributed by atoms with Crippen molar-refractivity contribution in [2.75, 3.05) is 18.3 Å². The Kier molecular flexibility index (Phi) is 6.34. The van der Waals surface area contributed by atoms with E-state index in [1.165, 1.54) is 0 Å². The third-order valence-corrected chi connectivity index (χ3v) is 6.08. The molecule has 0 unspecified atom stereocenters. The van der Waals surface area contributed by atoms with Crippen molar-refractivity contribution in [3.8, 4) is 0 Å². The Balaban J connectivity index is 1.55. The van der Waals surface area contributed by atoms with E-state index in [-0.39, 0.29) is 11.9 Å². The number of aromatic nitrogens is 3. The van der Waals surface area contributed by atoms with Crippen LogP contribution in [0.2, 0.25) is 5.28 Å². The van der Waals surface area contributed by atoms with Gasteiger partial charge >= 0.3 is 7.60 Å². The van der Waals surface area contributed by atoms with Gasteiger partial charge in [0.25, 0.3) is 0 Å². The average Bonchev–Trinajstić information content (AvgIpc) is 3.37. The van der Waals surface area contributed by atoms with Crippen LogP contribution in [0.25, 0.3) is 11.0 Å². The molecule has 11 nitrogen and oxygen atoms in total. The normalized spacial score (nSPS) is 27.9. The molecule has 30 heavy (non-hydrogen) atoms. The summed E-state index contributed by atoms with van der Waals surface area (Å²) in [4.78, 5) is 26.3. The van der Waals surface area contributed by atoms with Crippen molar-refractivity contribution in [1.82, 2.24) is 14.5 Å². The second kappa shape index (κ2) is 8.68. The van der Waals surface area contributed by atoms with Crippen molar-refractivity contribution in [1.29, 1.82) is 0 Å². The lowest BCUT2D eigenvalue weighted by molar-refractivity contribution is -0.0610. The summed E-state index contributed by atoms with van der Waals surface area (Å²) < 4.78 is 23.1. The second-order valence-corrected chi connectivity index (χ2v) is 9.56. The molecule has 2 fully saturated rings. The fraction of sp³-hybridized carbons (Fsp3) is 0.647. The van der Waals surface area contributed by atoms with E-state index < -0.39 is 38.5 Å². The SMILES string of the molecule is O=P(O)(O)COC[C@H]1O[C@@H](n2ccc3c(NC4CCCC4)nc(Cl)nc32)[C@H](O)[C@@H]1O. The highest BCUT2D eigenvalue weighted by molar-refractivity contribution is 7.51. The van der Waals surface area contributed by atoms with Crippen LogP contribution in [0, 0.1) is 0 Å². The van der Waals surface area contributed by atoms with Gasteiger partial charge in [0.15, 0.2) is 6.23 Å². The molecule has 4 atom stereocenters. The molecular weight excluding hydrogens is 439 g/mol. The van der Waals surface area contributed by atoms with Crippen LogP contribution in [0.15, 0.2) is 12.3 Å². The van der Waals surface area contributed by atoms with E-state index in [4.69, 9.17) is 30.9 Å². The van der Waals surface area contributed by atoms with Crippen LogP contribution in [0.3, 0.4) is 0 Å². The average molecular weight is 463 g/mol. The number of hydrogen-bond donors (Lipinski definition) is 5. The third kappa shape index (κ3) is 4.63. The van der Waals surface area contributed by atoms with Gasteiger partial charge in [-0.1, -0.05) is 12.8 Å². The Morgan fingerprint density at radius 2 is 2.00 bits per heavy atom. The van der Waals surface area contributed by atoms with Crippen molar-refractivity contribution < 1.29 is 34.0 Å². The molecule has 2 aliphatic rings. The summed E-state index contributed by atoms with van der Waals surface area (Å²) in [5, 5.41) is 24.9. The molecule has 0 radical (unpaired) electrons. The molecule has 0 bridgehead atoms. The van der Waals surface area contributed by atoms with Crippen molar-refractivity contribution in [2.24, 2.45) is 0 Å². The Bertz CT molecular complexity index is 948. The van der Waals surface area contributed by atoms with Crippen LogP contribution in [0.5, 0.6) is 0 Å². The van der Waals surface area contributed by atoms with Crippen LogP contribution in [-0.2, 0) is 14.0 Å². The molecule has 1 saturated heterocycles. The lowest BCUT2D eigenvalue weighted by Crippen LogP contribution is -2.33. The lowest BCUT2D eigenvalue weighted by Gasteiger charge is -2.18. The molecule has 1 aliphatic carbocycles. The molecule has 0 spiro atoms. The highest BCUT2D eigenvalue weighted by Crippen LogP contribution is 2.37. The van der Waals surface area contributed by atoms with Gasteiger partial charge in [0.05, 0.1) is 12.0 Å². The molecule has 0 amide bonds. The number of halogens is 1. The van der Waals surface area contributed by atoms with Gasteiger partial charge in [-0.05, 0) is 30.5 Å². The fourth-order valence-electron chi connectivity index (χ4n) is 3.97. The molecule has 3 heterocycles.